The molecule has 1 amide bonds. The summed E-state index contributed by atoms with van der Waals surface area (Å²) in [6.45, 7) is -3.03. The van der Waals surface area contributed by atoms with Crippen LogP contribution in [0.3, 0.4) is 0 Å². The molecule has 10 heteroatoms. The van der Waals surface area contributed by atoms with E-state index in [1.807, 2.05) is 0 Å². The number of carbonyl (C=O) groups excluding carboxylic acids is 1. The van der Waals surface area contributed by atoms with Gasteiger partial charge in [0.05, 0.1) is 11.4 Å². The first kappa shape index (κ1) is 20.8. The number of fused-ring (bicyclic) bond motifs is 1. The minimum absolute atomic E-state index is 0.0567. The summed E-state index contributed by atoms with van der Waals surface area (Å²) in [4.78, 5) is 15.7. The molecule has 0 spiro atoms. The molecule has 4 rings (SSSR count). The number of rotatable bonds is 7. The number of nitrogens with zero attached hydrogens (tertiary/aromatic N) is 4. The third-order valence-corrected chi connectivity index (χ3v) is 5.19. The molecule has 0 aliphatic heterocycles. The lowest BCUT2D eigenvalue weighted by Crippen LogP contribution is -2.19. The van der Waals surface area contributed by atoms with Crippen LogP contribution in [0.1, 0.15) is 47.7 Å². The van der Waals surface area contributed by atoms with Crippen molar-refractivity contribution in [2.24, 2.45) is 5.73 Å². The number of amides is 1. The Morgan fingerprint density at radius 1 is 1.26 bits per heavy atom. The fraction of sp³-hybridized carbons (Fsp3) is 0.333. The molecule has 0 fully saturated rings. The number of pyridine rings is 1. The summed E-state index contributed by atoms with van der Waals surface area (Å²) in [6, 6.07) is 7.09. The molecule has 0 saturated carbocycles. The molecule has 1 aliphatic rings. The minimum Gasteiger partial charge on any atom is -0.435 e. The third kappa shape index (κ3) is 4.84. The fourth-order valence-corrected chi connectivity index (χ4v) is 3.96. The van der Waals surface area contributed by atoms with E-state index in [-0.39, 0.29) is 30.4 Å². The summed E-state index contributed by atoms with van der Waals surface area (Å²) >= 11 is 0. The van der Waals surface area contributed by atoms with E-state index in [9.17, 15) is 18.0 Å². The first-order valence-corrected chi connectivity index (χ1v) is 9.81. The van der Waals surface area contributed by atoms with E-state index in [2.05, 4.69) is 20.0 Å². The van der Waals surface area contributed by atoms with Gasteiger partial charge in [0.15, 0.2) is 5.82 Å². The molecule has 31 heavy (non-hydrogen) atoms. The van der Waals surface area contributed by atoms with Crippen LogP contribution < -0.4 is 10.5 Å². The lowest BCUT2D eigenvalue weighted by molar-refractivity contribution is -0.118. The molecular formula is C21H20F3N5O2. The average Bonchev–Trinajstić information content (AvgIpc) is 3.12. The van der Waals surface area contributed by atoms with E-state index in [1.54, 1.807) is 23.0 Å². The molecule has 1 atom stereocenters. The van der Waals surface area contributed by atoms with Gasteiger partial charge in [-0.1, -0.05) is 5.21 Å². The van der Waals surface area contributed by atoms with Crippen LogP contribution in [0, 0.1) is 5.82 Å². The van der Waals surface area contributed by atoms with Crippen molar-refractivity contribution in [1.29, 1.82) is 0 Å². The summed E-state index contributed by atoms with van der Waals surface area (Å²) in [6.07, 6.45) is 4.56. The lowest BCUT2D eigenvalue weighted by Gasteiger charge is -2.20. The summed E-state index contributed by atoms with van der Waals surface area (Å²) in [5, 5.41) is 8.48. The standard InChI is InChI=1S/C21H20F3N5O2/c22-15-7-13(8-16(11-15)31-21(23)24)6-12-4-5-26-19(9-12)29-17-3-1-2-14(10-18(25)30)20(17)27-28-29/h4-5,7-9,11,14,21H,1-3,6,10H2,(H2,25,30). The molecular weight excluding hydrogens is 411 g/mol. The number of benzene rings is 1. The predicted octanol–water partition coefficient (Wildman–Crippen LogP) is 3.29. The highest BCUT2D eigenvalue weighted by Gasteiger charge is 2.28. The summed E-state index contributed by atoms with van der Waals surface area (Å²) in [5.41, 5.74) is 8.27. The number of hydrogen-bond donors (Lipinski definition) is 1. The van der Waals surface area contributed by atoms with Crippen LogP contribution in [0.5, 0.6) is 5.75 Å². The van der Waals surface area contributed by atoms with Crippen LogP contribution in [0.4, 0.5) is 13.2 Å². The van der Waals surface area contributed by atoms with Crippen molar-refractivity contribution < 1.29 is 22.7 Å². The number of hydrogen-bond acceptors (Lipinski definition) is 5. The maximum Gasteiger partial charge on any atom is 0.387 e. The third-order valence-electron chi connectivity index (χ3n) is 5.19. The van der Waals surface area contributed by atoms with Crippen LogP contribution in [0.25, 0.3) is 5.82 Å². The second-order valence-electron chi connectivity index (χ2n) is 7.47. The Balaban J connectivity index is 1.60. The van der Waals surface area contributed by atoms with Crippen molar-refractivity contribution in [3.05, 3.63) is 64.9 Å². The topological polar surface area (TPSA) is 95.9 Å². The number of nitrogens with two attached hydrogens (primary N) is 1. The Kier molecular flexibility index (Phi) is 5.88. The van der Waals surface area contributed by atoms with Crippen molar-refractivity contribution in [2.75, 3.05) is 0 Å². The maximum atomic E-state index is 13.8. The van der Waals surface area contributed by atoms with Crippen molar-refractivity contribution in [1.82, 2.24) is 20.0 Å². The number of alkyl halides is 2. The van der Waals surface area contributed by atoms with Gasteiger partial charge < -0.3 is 10.5 Å². The molecule has 2 N–H and O–H groups in total. The molecule has 1 aliphatic carbocycles. The maximum absolute atomic E-state index is 13.8. The second kappa shape index (κ2) is 8.75. The summed E-state index contributed by atoms with van der Waals surface area (Å²) < 4.78 is 44.7. The van der Waals surface area contributed by atoms with Gasteiger partial charge in [-0.3, -0.25) is 4.79 Å². The molecule has 7 nitrogen and oxygen atoms in total. The van der Waals surface area contributed by atoms with Crippen LogP contribution in [0.2, 0.25) is 0 Å². The van der Waals surface area contributed by atoms with Gasteiger partial charge in [-0.25, -0.2) is 9.37 Å². The highest BCUT2D eigenvalue weighted by atomic mass is 19.3. The zero-order chi connectivity index (χ0) is 22.0. The van der Waals surface area contributed by atoms with E-state index < -0.39 is 12.4 Å². The van der Waals surface area contributed by atoms with Crippen molar-refractivity contribution >= 4 is 5.91 Å². The first-order valence-electron chi connectivity index (χ1n) is 9.81. The molecule has 0 radical (unpaired) electrons. The lowest BCUT2D eigenvalue weighted by atomic mass is 9.87. The van der Waals surface area contributed by atoms with E-state index in [1.165, 1.54) is 12.1 Å². The Hall–Kier alpha value is -3.43. The van der Waals surface area contributed by atoms with Crippen molar-refractivity contribution in [3.8, 4) is 11.6 Å². The molecule has 3 aromatic rings. The minimum atomic E-state index is -3.03. The van der Waals surface area contributed by atoms with Gasteiger partial charge in [-0.05, 0) is 61.1 Å². The van der Waals surface area contributed by atoms with Gasteiger partial charge in [-0.2, -0.15) is 13.5 Å². The van der Waals surface area contributed by atoms with Crippen LogP contribution >= 0.6 is 0 Å². The highest BCUT2D eigenvalue weighted by Crippen LogP contribution is 2.33. The van der Waals surface area contributed by atoms with Crippen LogP contribution in [-0.2, 0) is 17.6 Å². The van der Waals surface area contributed by atoms with Crippen molar-refractivity contribution in [2.45, 2.75) is 44.6 Å². The van der Waals surface area contributed by atoms with E-state index in [4.69, 9.17) is 5.73 Å². The Morgan fingerprint density at radius 3 is 2.87 bits per heavy atom. The summed E-state index contributed by atoms with van der Waals surface area (Å²) in [5.74, 6) is -0.790. The number of aromatic nitrogens is 4. The summed E-state index contributed by atoms with van der Waals surface area (Å²) in [7, 11) is 0. The predicted molar refractivity (Wildman–Crippen MR) is 104 cm³/mol. The quantitative estimate of drug-likeness (QED) is 0.619. The molecule has 162 valence electrons. The van der Waals surface area contributed by atoms with E-state index in [0.29, 0.717) is 11.4 Å². The zero-order valence-electron chi connectivity index (χ0n) is 16.5. The average molecular weight is 431 g/mol. The molecule has 1 unspecified atom stereocenters. The van der Waals surface area contributed by atoms with Gasteiger partial charge in [0.2, 0.25) is 5.91 Å². The van der Waals surface area contributed by atoms with Gasteiger partial charge in [0, 0.05) is 24.6 Å². The smallest absolute Gasteiger partial charge is 0.387 e. The number of ether oxygens (including phenoxy) is 1. The van der Waals surface area contributed by atoms with Gasteiger partial charge in [0.1, 0.15) is 11.6 Å². The monoisotopic (exact) mass is 431 g/mol. The van der Waals surface area contributed by atoms with Crippen LogP contribution in [0.15, 0.2) is 36.5 Å². The van der Waals surface area contributed by atoms with Crippen LogP contribution in [-0.4, -0.2) is 32.5 Å². The Morgan fingerprint density at radius 2 is 2.10 bits per heavy atom. The van der Waals surface area contributed by atoms with E-state index >= 15 is 0 Å². The number of halogens is 3. The van der Waals surface area contributed by atoms with Gasteiger partial charge in [0.25, 0.3) is 0 Å². The fourth-order valence-electron chi connectivity index (χ4n) is 3.96. The normalized spacial score (nSPS) is 15.7. The van der Waals surface area contributed by atoms with Gasteiger partial charge >= 0.3 is 6.61 Å². The second-order valence-corrected chi connectivity index (χ2v) is 7.47. The van der Waals surface area contributed by atoms with Gasteiger partial charge in [-0.15, -0.1) is 5.10 Å². The molecule has 0 bridgehead atoms. The molecule has 2 heterocycles. The number of carbonyl (C=O) groups is 1. The van der Waals surface area contributed by atoms with E-state index in [0.717, 1.165) is 42.3 Å². The zero-order valence-corrected chi connectivity index (χ0v) is 16.5. The molecule has 0 saturated heterocycles. The molecule has 2 aromatic heterocycles. The molecule has 1 aromatic carbocycles. The van der Waals surface area contributed by atoms with Crippen molar-refractivity contribution in [3.63, 3.8) is 0 Å². The SMILES string of the molecule is NC(=O)CC1CCCc2c1nnn2-c1cc(Cc2cc(F)cc(OC(F)F)c2)ccn1. The Labute approximate surface area is 176 Å². The Bertz CT molecular complexity index is 1100. The highest BCUT2D eigenvalue weighted by molar-refractivity contribution is 5.74. The number of primary amides is 1. The largest absolute Gasteiger partial charge is 0.435 e. The first-order chi connectivity index (χ1) is 14.9.